The predicted molar refractivity (Wildman–Crippen MR) is 309 cm³/mol. The van der Waals surface area contributed by atoms with Gasteiger partial charge in [0.15, 0.2) is 5.78 Å². The summed E-state index contributed by atoms with van der Waals surface area (Å²) < 4.78 is 16.4. The van der Waals surface area contributed by atoms with Crippen molar-refractivity contribution in [3.8, 4) is 11.1 Å². The lowest BCUT2D eigenvalue weighted by molar-refractivity contribution is -0.140. The number of rotatable bonds is 22. The second-order valence-electron chi connectivity index (χ2n) is 22.5. The summed E-state index contributed by atoms with van der Waals surface area (Å²) in [5.74, 6) is 0.606. The van der Waals surface area contributed by atoms with Crippen LogP contribution in [0.15, 0.2) is 59.7 Å². The lowest BCUT2D eigenvalue weighted by atomic mass is 9.79. The molecule has 2 amide bonds. The Kier molecular flexibility index (Phi) is 19.1. The van der Waals surface area contributed by atoms with Crippen LogP contribution < -0.4 is 16.0 Å². The molecule has 16 nitrogen and oxygen atoms in total. The molecule has 1 unspecified atom stereocenters. The van der Waals surface area contributed by atoms with Crippen LogP contribution in [-0.2, 0) is 27.5 Å². The number of nitrogens with zero attached hydrogens (tertiary/aromatic N) is 9. The number of ketones is 3. The van der Waals surface area contributed by atoms with E-state index < -0.39 is 11.9 Å². The fourth-order valence-electron chi connectivity index (χ4n) is 12.5. The molecule has 3 N–H and O–H groups in total. The Bertz CT molecular complexity index is 2950. The van der Waals surface area contributed by atoms with Crippen molar-refractivity contribution >= 4 is 63.3 Å². The van der Waals surface area contributed by atoms with Crippen molar-refractivity contribution in [3.05, 3.63) is 99.9 Å². The summed E-state index contributed by atoms with van der Waals surface area (Å²) in [7, 11) is 3.48. The number of unbranched alkanes of at least 4 members (excludes halogenated alkanes) is 5. The summed E-state index contributed by atoms with van der Waals surface area (Å²) in [5.41, 5.74) is 11.7. The first-order valence-electron chi connectivity index (χ1n) is 28.8. The Morgan fingerprint density at radius 3 is 2.38 bits per heavy atom. The summed E-state index contributed by atoms with van der Waals surface area (Å²) in [5, 5.41) is 8.84. The SMILES string of the molecule is [C-]#[N+]c1c2c(nn1CCCC(=O)CCCCCCCCN1CCC([C@@H](CC(=O)[C@@H](C)NC)C(=O)N3CCC[C@@H]3C3=NC(C(=O)c4ccc(C)cc4)CS3)CC1)CN(C)C(=O)c1ccc(F)cc1[C@H]1CCCN1c1cc-2cnc1N. The van der Waals surface area contributed by atoms with E-state index in [2.05, 4.69) is 24.9 Å². The van der Waals surface area contributed by atoms with E-state index in [1.807, 2.05) is 49.1 Å². The van der Waals surface area contributed by atoms with Crippen molar-refractivity contribution in [2.75, 3.05) is 63.2 Å². The Morgan fingerprint density at radius 1 is 0.899 bits per heavy atom. The molecule has 2 aromatic heterocycles. The van der Waals surface area contributed by atoms with Gasteiger partial charge in [0.2, 0.25) is 5.91 Å². The highest BCUT2D eigenvalue weighted by molar-refractivity contribution is 8.14. The van der Waals surface area contributed by atoms with Crippen molar-refractivity contribution in [3.63, 3.8) is 0 Å². The molecule has 3 fully saturated rings. The van der Waals surface area contributed by atoms with Crippen LogP contribution in [0.2, 0.25) is 0 Å². The molecule has 5 atom stereocenters. The van der Waals surface area contributed by atoms with Crippen LogP contribution >= 0.6 is 11.8 Å². The summed E-state index contributed by atoms with van der Waals surface area (Å²) in [6, 6.07) is 12.7. The first-order chi connectivity index (χ1) is 38.2. The minimum Gasteiger partial charge on any atom is -0.382 e. The molecule has 18 heteroatoms. The number of likely N-dealkylation sites (N-methyl/N-ethyl adjacent to an activating group) is 1. The number of carbonyl (C=O) groups excluding carboxylic acids is 5. The molecule has 5 aliphatic heterocycles. The van der Waals surface area contributed by atoms with Crippen LogP contribution in [0.1, 0.15) is 153 Å². The number of Topliss-reactive ketones (excluding diaryl/α,β-unsaturated/α-hetero) is 3. The molecule has 420 valence electrons. The maximum Gasteiger partial charge on any atom is 0.260 e. The van der Waals surface area contributed by atoms with Gasteiger partial charge >= 0.3 is 0 Å². The second-order valence-corrected chi connectivity index (χ2v) is 23.6. The van der Waals surface area contributed by atoms with Crippen molar-refractivity contribution in [1.82, 2.24) is 34.8 Å². The lowest BCUT2D eigenvalue weighted by Crippen LogP contribution is -2.48. The van der Waals surface area contributed by atoms with Gasteiger partial charge in [-0.3, -0.25) is 29.0 Å². The monoisotopic (exact) mass is 1100 g/mol. The second kappa shape index (κ2) is 26.3. The van der Waals surface area contributed by atoms with E-state index in [0.717, 1.165) is 101 Å². The molecule has 2 bridgehead atoms. The van der Waals surface area contributed by atoms with Crippen LogP contribution in [0.4, 0.5) is 21.7 Å². The van der Waals surface area contributed by atoms with Gasteiger partial charge in [0.25, 0.3) is 11.7 Å². The maximum absolute atomic E-state index is 14.8. The average Bonchev–Trinajstić information content (AvgIpc) is 4.31. The van der Waals surface area contributed by atoms with Crippen molar-refractivity contribution in [2.45, 2.75) is 154 Å². The third-order valence-corrected chi connectivity index (χ3v) is 18.3. The highest BCUT2D eigenvalue weighted by atomic mass is 32.2. The third-order valence-electron chi connectivity index (χ3n) is 17.2. The number of piperidine rings is 1. The van der Waals surface area contributed by atoms with Gasteiger partial charge in [-0.15, -0.1) is 16.9 Å². The normalized spacial score (nSPS) is 20.4. The number of carbonyl (C=O) groups is 5. The van der Waals surface area contributed by atoms with Crippen molar-refractivity contribution in [1.29, 1.82) is 0 Å². The van der Waals surface area contributed by atoms with Crippen LogP contribution in [0, 0.1) is 31.1 Å². The molecule has 9 rings (SSSR count). The number of hydrogen-bond donors (Lipinski definition) is 2. The molecule has 0 spiro atoms. The summed E-state index contributed by atoms with van der Waals surface area (Å²) in [4.78, 5) is 90.2. The minimum absolute atomic E-state index is 0.0178. The molecule has 79 heavy (non-hydrogen) atoms. The summed E-state index contributed by atoms with van der Waals surface area (Å²) in [6.45, 7) is 16.7. The number of anilines is 2. The summed E-state index contributed by atoms with van der Waals surface area (Å²) in [6.07, 6.45) is 14.5. The number of nitrogens with two attached hydrogens (primary N) is 1. The zero-order chi connectivity index (χ0) is 55.7. The molecule has 4 aromatic rings. The predicted octanol–water partition coefficient (Wildman–Crippen LogP) is 9.82. The van der Waals surface area contributed by atoms with Crippen LogP contribution in [0.5, 0.6) is 0 Å². The number of aromatic nitrogens is 3. The first kappa shape index (κ1) is 57.4. The number of pyridine rings is 1. The quantitative estimate of drug-likeness (QED) is 0.0432. The van der Waals surface area contributed by atoms with Gasteiger partial charge in [0.05, 0.1) is 41.9 Å². The Labute approximate surface area is 469 Å². The zero-order valence-electron chi connectivity index (χ0n) is 46.6. The number of aliphatic imine (C=N–C) groups is 1. The number of likely N-dealkylation sites (tertiary alicyclic amines) is 2. The molecule has 0 radical (unpaired) electrons. The molecular formula is C61H78FN11O5S. The van der Waals surface area contributed by atoms with Gasteiger partial charge in [0.1, 0.15) is 34.9 Å². The number of thioether (sulfide) groups is 1. The average molecular weight is 1100 g/mol. The van der Waals surface area contributed by atoms with Gasteiger partial charge in [0, 0.05) is 74.0 Å². The molecule has 2 aromatic carbocycles. The van der Waals surface area contributed by atoms with E-state index in [-0.39, 0.29) is 72.1 Å². The van der Waals surface area contributed by atoms with E-state index in [9.17, 15) is 28.4 Å². The van der Waals surface area contributed by atoms with Crippen LogP contribution in [0.3, 0.4) is 0 Å². The largest absolute Gasteiger partial charge is 0.382 e. The Morgan fingerprint density at radius 2 is 1.62 bits per heavy atom. The number of benzene rings is 2. The maximum atomic E-state index is 14.8. The number of nitrogen functional groups attached to an aromatic ring is 1. The van der Waals surface area contributed by atoms with Gasteiger partial charge in [-0.05, 0) is 140 Å². The fourth-order valence-corrected chi connectivity index (χ4v) is 13.7. The van der Waals surface area contributed by atoms with E-state index in [0.29, 0.717) is 102 Å². The number of amides is 2. The first-order valence-corrected chi connectivity index (χ1v) is 29.8. The lowest BCUT2D eigenvalue weighted by Gasteiger charge is -2.38. The van der Waals surface area contributed by atoms with Crippen LogP contribution in [0.25, 0.3) is 16.0 Å². The number of hydrogen-bond acceptors (Lipinski definition) is 13. The number of fused-ring (bicyclic) bond motifs is 8. The van der Waals surface area contributed by atoms with Gasteiger partial charge in [-0.1, -0.05) is 62.1 Å². The van der Waals surface area contributed by atoms with E-state index >= 15 is 0 Å². The highest BCUT2D eigenvalue weighted by Gasteiger charge is 2.43. The highest BCUT2D eigenvalue weighted by Crippen LogP contribution is 2.44. The fraction of sp³-hybridized carbons (Fsp3) is 0.557. The molecule has 5 aliphatic rings. The molecule has 7 heterocycles. The third kappa shape index (κ3) is 13.3. The van der Waals surface area contributed by atoms with E-state index in [4.69, 9.17) is 22.4 Å². The van der Waals surface area contributed by atoms with Crippen molar-refractivity contribution < 1.29 is 28.4 Å². The van der Waals surface area contributed by atoms with Crippen LogP contribution in [-0.4, -0.2) is 134 Å². The topological polar surface area (TPSA) is 184 Å². The van der Waals surface area contributed by atoms with Gasteiger partial charge in [-0.25, -0.2) is 9.37 Å². The van der Waals surface area contributed by atoms with E-state index in [1.54, 1.807) is 47.7 Å². The standard InChI is InChI=1S/C61H78FN11O5S/c1-39-19-21-42(22-20-39)56(76)50-38-79-59(67-50)52-18-14-29-72(52)61(78)47(35-54(75)40(2)64-3)41-25-31-70(32-26-41)27-11-9-7-6-8-10-15-45(74)16-12-30-73-58(65-4)55-43-33-53(57(63)66-36-43)71-28-13-17-51(71)48-34-44(62)23-24-46(48)60(77)69(5)37-49(55)68-73/h19-24,33-34,36,40-41,47,50-52,64H,6-18,25-32,35,37-38H2,1-3,5H3,(H2,63,66)/t40-,47-,50?,51-,52-/m1/s1. The number of nitrogens with one attached hydrogen (secondary N) is 1. The molecule has 0 aliphatic carbocycles. The minimum atomic E-state index is -0.451. The molecule has 3 saturated heterocycles. The molecular weight excluding hydrogens is 1020 g/mol. The van der Waals surface area contributed by atoms with Gasteiger partial charge < -0.3 is 35.5 Å². The number of aryl methyl sites for hydroxylation is 2. The Hall–Kier alpha value is -6.29. The summed E-state index contributed by atoms with van der Waals surface area (Å²) >= 11 is 1.60. The smallest absolute Gasteiger partial charge is 0.260 e. The zero-order valence-corrected chi connectivity index (χ0v) is 47.4. The van der Waals surface area contributed by atoms with E-state index in [1.165, 1.54) is 12.1 Å². The van der Waals surface area contributed by atoms with Crippen molar-refractivity contribution in [2.24, 2.45) is 16.8 Å². The van der Waals surface area contributed by atoms with Gasteiger partial charge in [-0.2, -0.15) is 4.68 Å². The Balaban J connectivity index is 0.711. The number of halogens is 1. The molecule has 0 saturated carbocycles.